The molecular formula is C19H13ClN2O3S. The molecule has 0 fully saturated rings. The van der Waals surface area contributed by atoms with Crippen LogP contribution in [0.1, 0.15) is 5.56 Å². The molecule has 0 saturated heterocycles. The van der Waals surface area contributed by atoms with E-state index < -0.39 is 0 Å². The van der Waals surface area contributed by atoms with Crippen molar-refractivity contribution in [2.45, 2.75) is 0 Å². The molecule has 2 aromatic carbocycles. The molecule has 1 aliphatic rings. The van der Waals surface area contributed by atoms with E-state index in [4.69, 9.17) is 21.1 Å². The number of amides is 1. The first-order valence-electron chi connectivity index (χ1n) is 7.77. The van der Waals surface area contributed by atoms with Crippen LogP contribution in [0, 0.1) is 0 Å². The van der Waals surface area contributed by atoms with Gasteiger partial charge in [0.2, 0.25) is 12.7 Å². The number of rotatable bonds is 4. The predicted molar refractivity (Wildman–Crippen MR) is 103 cm³/mol. The van der Waals surface area contributed by atoms with Crippen molar-refractivity contribution < 1.29 is 14.3 Å². The van der Waals surface area contributed by atoms with Gasteiger partial charge in [-0.2, -0.15) is 0 Å². The molecule has 1 aliphatic heterocycles. The third-order valence-electron chi connectivity index (χ3n) is 3.71. The third kappa shape index (κ3) is 3.56. The number of carbonyl (C=O) groups excluding carboxylic acids is 1. The minimum atomic E-state index is -0.235. The first-order valence-corrected chi connectivity index (χ1v) is 9.03. The van der Waals surface area contributed by atoms with Gasteiger partial charge >= 0.3 is 0 Å². The highest BCUT2D eigenvalue weighted by Gasteiger charge is 2.17. The zero-order chi connectivity index (χ0) is 17.9. The summed E-state index contributed by atoms with van der Waals surface area (Å²) in [7, 11) is 0. The number of aromatic nitrogens is 1. The fourth-order valence-corrected chi connectivity index (χ4v) is 3.42. The number of halogens is 1. The topological polar surface area (TPSA) is 60.5 Å². The molecule has 1 amide bonds. The van der Waals surface area contributed by atoms with Gasteiger partial charge in [-0.3, -0.25) is 4.79 Å². The molecule has 0 saturated carbocycles. The Bertz CT molecular complexity index is 969. The summed E-state index contributed by atoms with van der Waals surface area (Å²) < 4.78 is 10.6. The molecule has 0 bridgehead atoms. The Hall–Kier alpha value is -2.83. The maximum Gasteiger partial charge on any atom is 0.248 e. The van der Waals surface area contributed by atoms with Gasteiger partial charge < -0.3 is 14.8 Å². The van der Waals surface area contributed by atoms with Gasteiger partial charge in [-0.15, -0.1) is 11.3 Å². The van der Waals surface area contributed by atoms with Crippen molar-refractivity contribution in [3.63, 3.8) is 0 Å². The number of carbonyl (C=O) groups is 1. The van der Waals surface area contributed by atoms with Gasteiger partial charge in [0.25, 0.3) is 0 Å². The highest BCUT2D eigenvalue weighted by molar-refractivity contribution is 7.13. The van der Waals surface area contributed by atoms with E-state index >= 15 is 0 Å². The molecule has 2 heterocycles. The second kappa shape index (κ2) is 7.19. The monoisotopic (exact) mass is 384 g/mol. The lowest BCUT2D eigenvalue weighted by atomic mass is 10.2. The average molecular weight is 385 g/mol. The van der Waals surface area contributed by atoms with Crippen LogP contribution in [0.25, 0.3) is 16.6 Å². The van der Waals surface area contributed by atoms with Gasteiger partial charge in [0.15, 0.2) is 11.5 Å². The zero-order valence-corrected chi connectivity index (χ0v) is 15.0. The zero-order valence-electron chi connectivity index (χ0n) is 13.4. The third-order valence-corrected chi connectivity index (χ3v) is 4.81. The van der Waals surface area contributed by atoms with E-state index in [9.17, 15) is 4.79 Å². The number of nitrogens with one attached hydrogen (secondary N) is 1. The van der Waals surface area contributed by atoms with Crippen LogP contribution >= 0.6 is 22.9 Å². The number of fused-ring (bicyclic) bond motifs is 1. The number of thiazole rings is 1. The van der Waals surface area contributed by atoms with Crippen LogP contribution in [0.5, 0.6) is 11.5 Å². The maximum atomic E-state index is 12.1. The molecule has 130 valence electrons. The van der Waals surface area contributed by atoms with Gasteiger partial charge in [-0.25, -0.2) is 4.98 Å². The van der Waals surface area contributed by atoms with Crippen molar-refractivity contribution in [2.75, 3.05) is 12.1 Å². The van der Waals surface area contributed by atoms with Crippen molar-refractivity contribution in [2.24, 2.45) is 0 Å². The Kier molecular flexibility index (Phi) is 4.60. The van der Waals surface area contributed by atoms with Gasteiger partial charge in [-0.1, -0.05) is 11.6 Å². The smallest absolute Gasteiger partial charge is 0.248 e. The van der Waals surface area contributed by atoms with Gasteiger partial charge in [0, 0.05) is 28.9 Å². The molecular weight excluding hydrogens is 372 g/mol. The number of nitrogens with zero attached hydrogens (tertiary/aromatic N) is 1. The summed E-state index contributed by atoms with van der Waals surface area (Å²) in [6.45, 7) is 0.152. The first kappa shape index (κ1) is 16.6. The van der Waals surface area contributed by atoms with Crippen molar-refractivity contribution >= 4 is 40.6 Å². The van der Waals surface area contributed by atoms with Crippen LogP contribution in [0.15, 0.2) is 54.1 Å². The highest BCUT2D eigenvalue weighted by atomic mass is 35.5. The molecule has 5 nitrogen and oxygen atoms in total. The van der Waals surface area contributed by atoms with Crippen molar-refractivity contribution in [1.82, 2.24) is 4.98 Å². The van der Waals surface area contributed by atoms with Crippen LogP contribution in [-0.2, 0) is 4.79 Å². The number of hydrogen-bond donors (Lipinski definition) is 1. The second-order valence-electron chi connectivity index (χ2n) is 5.47. The summed E-state index contributed by atoms with van der Waals surface area (Å²) in [5, 5.41) is 6.15. The van der Waals surface area contributed by atoms with Crippen LogP contribution in [0.2, 0.25) is 5.02 Å². The van der Waals surface area contributed by atoms with E-state index in [1.807, 2.05) is 29.6 Å². The van der Waals surface area contributed by atoms with Gasteiger partial charge in [-0.05, 0) is 48.0 Å². The van der Waals surface area contributed by atoms with E-state index in [-0.39, 0.29) is 12.7 Å². The summed E-state index contributed by atoms with van der Waals surface area (Å²) in [4.78, 5) is 16.4. The van der Waals surface area contributed by atoms with Gasteiger partial charge in [0.1, 0.15) is 5.01 Å². The first-order chi connectivity index (χ1) is 12.7. The molecule has 7 heteroatoms. The molecule has 0 aliphatic carbocycles. The fraction of sp³-hybridized carbons (Fsp3) is 0.0526. The molecule has 0 unspecified atom stereocenters. The quantitative estimate of drug-likeness (QED) is 0.653. The van der Waals surface area contributed by atoms with E-state index in [1.54, 1.807) is 35.7 Å². The average Bonchev–Trinajstić information content (AvgIpc) is 3.32. The van der Waals surface area contributed by atoms with E-state index in [0.29, 0.717) is 22.2 Å². The Morgan fingerprint density at radius 1 is 1.23 bits per heavy atom. The normalized spacial score (nSPS) is 12.5. The van der Waals surface area contributed by atoms with Gasteiger partial charge in [0.05, 0.1) is 5.02 Å². The van der Waals surface area contributed by atoms with Crippen LogP contribution in [0.3, 0.4) is 0 Å². The summed E-state index contributed by atoms with van der Waals surface area (Å²) in [6, 6.07) is 11.0. The summed E-state index contributed by atoms with van der Waals surface area (Å²) >= 11 is 7.70. The lowest BCUT2D eigenvalue weighted by Gasteiger charge is -2.04. The highest BCUT2D eigenvalue weighted by Crippen LogP contribution is 2.40. The van der Waals surface area contributed by atoms with Crippen LogP contribution in [-0.4, -0.2) is 17.7 Å². The Morgan fingerprint density at radius 3 is 2.85 bits per heavy atom. The molecule has 0 radical (unpaired) electrons. The fourth-order valence-electron chi connectivity index (χ4n) is 2.50. The minimum absolute atomic E-state index is 0.152. The number of ether oxygens (including phenoxy) is 2. The minimum Gasteiger partial charge on any atom is -0.454 e. The SMILES string of the molecule is O=C(/C=C/c1cc(Cl)c2c(c1)OCO2)Nc1ccc(-c2nccs2)cc1. The summed E-state index contributed by atoms with van der Waals surface area (Å²) in [5.41, 5.74) is 2.49. The lowest BCUT2D eigenvalue weighted by Crippen LogP contribution is -2.07. The molecule has 0 atom stereocenters. The van der Waals surface area contributed by atoms with Crippen LogP contribution < -0.4 is 14.8 Å². The van der Waals surface area contributed by atoms with E-state index in [1.165, 1.54) is 6.08 Å². The van der Waals surface area contributed by atoms with Crippen molar-refractivity contribution in [3.05, 3.63) is 64.6 Å². The maximum absolute atomic E-state index is 12.1. The summed E-state index contributed by atoms with van der Waals surface area (Å²) in [5.74, 6) is 0.879. The summed E-state index contributed by atoms with van der Waals surface area (Å²) in [6.07, 6.45) is 4.89. The molecule has 4 rings (SSSR count). The number of benzene rings is 2. The molecule has 1 aromatic heterocycles. The van der Waals surface area contributed by atoms with Crippen molar-refractivity contribution in [1.29, 1.82) is 0 Å². The standard InChI is InChI=1S/C19H13ClN2O3S/c20-15-9-12(10-16-18(15)25-11-24-16)1-6-17(23)22-14-4-2-13(3-5-14)19-21-7-8-26-19/h1-10H,11H2,(H,22,23)/b6-1+. The number of anilines is 1. The second-order valence-corrected chi connectivity index (χ2v) is 6.78. The van der Waals surface area contributed by atoms with Crippen LogP contribution in [0.4, 0.5) is 5.69 Å². The largest absolute Gasteiger partial charge is 0.454 e. The molecule has 3 aromatic rings. The Morgan fingerprint density at radius 2 is 2.08 bits per heavy atom. The predicted octanol–water partition coefficient (Wildman–Crippen LogP) is 4.84. The van der Waals surface area contributed by atoms with E-state index in [2.05, 4.69) is 10.3 Å². The Balaban J connectivity index is 1.42. The molecule has 0 spiro atoms. The molecule has 1 N–H and O–H groups in total. The Labute approximate surface area is 158 Å². The van der Waals surface area contributed by atoms with Crippen molar-refractivity contribution in [3.8, 4) is 22.1 Å². The van der Waals surface area contributed by atoms with E-state index in [0.717, 1.165) is 16.1 Å². The molecule has 26 heavy (non-hydrogen) atoms. The number of hydrogen-bond acceptors (Lipinski definition) is 5. The lowest BCUT2D eigenvalue weighted by molar-refractivity contribution is -0.111.